The summed E-state index contributed by atoms with van der Waals surface area (Å²) in [6, 6.07) is 13.0. The fourth-order valence-corrected chi connectivity index (χ4v) is 2.47. The number of hydrogen-bond donors (Lipinski definition) is 2. The standard InChI is InChI=1S/C17H16N2O4S/c1-24-14-5-3-2-4-13(14)19-15(20)10-23-17(22)12-8-6-11(7-9-12)16(18)21/h2-9H,10H2,1H3,(H2,18,21)(H,19,20). The second-order valence-electron chi connectivity index (χ2n) is 4.77. The molecule has 0 saturated heterocycles. The van der Waals surface area contributed by atoms with Crippen LogP contribution in [-0.2, 0) is 9.53 Å². The first-order valence-corrected chi connectivity index (χ1v) is 8.23. The molecular weight excluding hydrogens is 328 g/mol. The number of amides is 2. The van der Waals surface area contributed by atoms with Gasteiger partial charge in [-0.25, -0.2) is 4.79 Å². The van der Waals surface area contributed by atoms with Crippen molar-refractivity contribution < 1.29 is 19.1 Å². The number of primary amides is 1. The fraction of sp³-hybridized carbons (Fsp3) is 0.118. The van der Waals surface area contributed by atoms with Crippen molar-refractivity contribution in [1.29, 1.82) is 0 Å². The Morgan fingerprint density at radius 1 is 1.04 bits per heavy atom. The summed E-state index contributed by atoms with van der Waals surface area (Å²) in [7, 11) is 0. The van der Waals surface area contributed by atoms with Gasteiger partial charge in [-0.05, 0) is 42.7 Å². The van der Waals surface area contributed by atoms with E-state index >= 15 is 0 Å². The number of nitrogens with one attached hydrogen (secondary N) is 1. The van der Waals surface area contributed by atoms with Gasteiger partial charge in [0.1, 0.15) is 0 Å². The lowest BCUT2D eigenvalue weighted by atomic mass is 10.1. The summed E-state index contributed by atoms with van der Waals surface area (Å²) in [5.74, 6) is -1.67. The smallest absolute Gasteiger partial charge is 0.338 e. The van der Waals surface area contributed by atoms with E-state index in [0.717, 1.165) is 4.90 Å². The Labute approximate surface area is 143 Å². The quantitative estimate of drug-likeness (QED) is 0.619. The Kier molecular flexibility index (Phi) is 5.97. The largest absolute Gasteiger partial charge is 0.452 e. The lowest BCUT2D eigenvalue weighted by Gasteiger charge is -2.09. The number of carbonyl (C=O) groups excluding carboxylic acids is 3. The summed E-state index contributed by atoms with van der Waals surface area (Å²) in [6.07, 6.45) is 1.90. The molecule has 0 spiro atoms. The molecule has 2 rings (SSSR count). The number of benzene rings is 2. The summed E-state index contributed by atoms with van der Waals surface area (Å²) in [4.78, 5) is 35.7. The molecule has 6 nitrogen and oxygen atoms in total. The maximum absolute atomic E-state index is 11.9. The van der Waals surface area contributed by atoms with E-state index in [-0.39, 0.29) is 11.1 Å². The Morgan fingerprint density at radius 2 is 1.67 bits per heavy atom. The lowest BCUT2D eigenvalue weighted by Crippen LogP contribution is -2.21. The van der Waals surface area contributed by atoms with Crippen LogP contribution in [0.5, 0.6) is 0 Å². The second-order valence-corrected chi connectivity index (χ2v) is 5.61. The highest BCUT2D eigenvalue weighted by molar-refractivity contribution is 7.98. The Bertz CT molecular complexity index is 759. The van der Waals surface area contributed by atoms with E-state index in [9.17, 15) is 14.4 Å². The molecule has 3 N–H and O–H groups in total. The van der Waals surface area contributed by atoms with Crippen LogP contribution < -0.4 is 11.1 Å². The van der Waals surface area contributed by atoms with Crippen molar-refractivity contribution in [1.82, 2.24) is 0 Å². The topological polar surface area (TPSA) is 98.5 Å². The van der Waals surface area contributed by atoms with Gasteiger partial charge in [-0.15, -0.1) is 11.8 Å². The first kappa shape index (κ1) is 17.6. The molecule has 0 unspecified atom stereocenters. The molecule has 24 heavy (non-hydrogen) atoms. The van der Waals surface area contributed by atoms with E-state index in [1.54, 1.807) is 6.07 Å². The third-order valence-corrected chi connectivity index (χ3v) is 3.92. The van der Waals surface area contributed by atoms with Crippen LogP contribution in [-0.4, -0.2) is 30.6 Å². The molecular formula is C17H16N2O4S. The average Bonchev–Trinajstić information content (AvgIpc) is 2.60. The van der Waals surface area contributed by atoms with Crippen molar-refractivity contribution in [3.8, 4) is 0 Å². The van der Waals surface area contributed by atoms with Crippen LogP contribution >= 0.6 is 11.8 Å². The van der Waals surface area contributed by atoms with Crippen LogP contribution in [0.15, 0.2) is 53.4 Å². The molecule has 0 aliphatic heterocycles. The van der Waals surface area contributed by atoms with Crippen LogP contribution in [0.4, 0.5) is 5.69 Å². The minimum Gasteiger partial charge on any atom is -0.452 e. The molecule has 0 atom stereocenters. The number of rotatable bonds is 6. The fourth-order valence-electron chi connectivity index (χ4n) is 1.92. The number of nitrogens with two attached hydrogens (primary N) is 1. The lowest BCUT2D eigenvalue weighted by molar-refractivity contribution is -0.119. The zero-order valence-corrected chi connectivity index (χ0v) is 13.8. The molecule has 0 aliphatic rings. The van der Waals surface area contributed by atoms with Crippen molar-refractivity contribution in [2.75, 3.05) is 18.2 Å². The minimum atomic E-state index is -0.653. The molecule has 0 aliphatic carbocycles. The van der Waals surface area contributed by atoms with Crippen LogP contribution in [0, 0.1) is 0 Å². The number of anilines is 1. The molecule has 0 saturated carbocycles. The van der Waals surface area contributed by atoms with Gasteiger partial charge in [0, 0.05) is 10.5 Å². The van der Waals surface area contributed by atoms with Gasteiger partial charge in [-0.1, -0.05) is 12.1 Å². The molecule has 0 fully saturated rings. The van der Waals surface area contributed by atoms with Gasteiger partial charge in [0.2, 0.25) is 5.91 Å². The Morgan fingerprint density at radius 3 is 2.29 bits per heavy atom. The van der Waals surface area contributed by atoms with E-state index in [2.05, 4.69) is 5.32 Å². The van der Waals surface area contributed by atoms with Gasteiger partial charge in [-0.3, -0.25) is 9.59 Å². The van der Waals surface area contributed by atoms with Gasteiger partial charge in [-0.2, -0.15) is 0 Å². The van der Waals surface area contributed by atoms with Gasteiger partial charge in [0.15, 0.2) is 6.61 Å². The van der Waals surface area contributed by atoms with Gasteiger partial charge in [0.25, 0.3) is 5.91 Å². The molecule has 0 aromatic heterocycles. The predicted octanol–water partition coefficient (Wildman–Crippen LogP) is 2.30. The maximum Gasteiger partial charge on any atom is 0.338 e. The molecule has 2 aromatic carbocycles. The first-order chi connectivity index (χ1) is 11.5. The van der Waals surface area contributed by atoms with Gasteiger partial charge < -0.3 is 15.8 Å². The predicted molar refractivity (Wildman–Crippen MR) is 92.1 cm³/mol. The molecule has 2 amide bonds. The Hall–Kier alpha value is -2.80. The summed E-state index contributed by atoms with van der Waals surface area (Å²) in [5, 5.41) is 2.69. The summed E-state index contributed by atoms with van der Waals surface area (Å²) in [6.45, 7) is -0.404. The van der Waals surface area contributed by atoms with Crippen LogP contribution in [0.1, 0.15) is 20.7 Å². The van der Waals surface area contributed by atoms with E-state index in [1.807, 2.05) is 24.5 Å². The molecule has 0 bridgehead atoms. The third-order valence-electron chi connectivity index (χ3n) is 3.12. The zero-order valence-electron chi connectivity index (χ0n) is 12.9. The van der Waals surface area contributed by atoms with E-state index in [1.165, 1.54) is 36.0 Å². The molecule has 124 valence electrons. The molecule has 0 heterocycles. The Balaban J connectivity index is 1.91. The van der Waals surface area contributed by atoms with Crippen molar-refractivity contribution >= 4 is 35.2 Å². The first-order valence-electron chi connectivity index (χ1n) is 7.01. The van der Waals surface area contributed by atoms with Crippen molar-refractivity contribution in [2.24, 2.45) is 5.73 Å². The highest BCUT2D eigenvalue weighted by Crippen LogP contribution is 2.24. The normalized spacial score (nSPS) is 10.0. The van der Waals surface area contributed by atoms with E-state index in [4.69, 9.17) is 10.5 Å². The van der Waals surface area contributed by atoms with E-state index < -0.39 is 24.4 Å². The summed E-state index contributed by atoms with van der Waals surface area (Å²) < 4.78 is 4.96. The summed E-state index contributed by atoms with van der Waals surface area (Å²) >= 11 is 1.50. The summed E-state index contributed by atoms with van der Waals surface area (Å²) in [5.41, 5.74) is 6.31. The van der Waals surface area contributed by atoms with Crippen molar-refractivity contribution in [3.63, 3.8) is 0 Å². The van der Waals surface area contributed by atoms with Crippen LogP contribution in [0.3, 0.4) is 0 Å². The molecule has 2 aromatic rings. The van der Waals surface area contributed by atoms with Crippen LogP contribution in [0.2, 0.25) is 0 Å². The number of ether oxygens (including phenoxy) is 1. The number of hydrogen-bond acceptors (Lipinski definition) is 5. The highest BCUT2D eigenvalue weighted by atomic mass is 32.2. The maximum atomic E-state index is 11.9. The molecule has 7 heteroatoms. The monoisotopic (exact) mass is 344 g/mol. The van der Waals surface area contributed by atoms with Gasteiger partial charge in [0.05, 0.1) is 11.3 Å². The number of esters is 1. The van der Waals surface area contributed by atoms with E-state index in [0.29, 0.717) is 5.69 Å². The van der Waals surface area contributed by atoms with Crippen molar-refractivity contribution in [3.05, 3.63) is 59.7 Å². The SMILES string of the molecule is CSc1ccccc1NC(=O)COC(=O)c1ccc(C(N)=O)cc1. The minimum absolute atomic E-state index is 0.234. The van der Waals surface area contributed by atoms with Gasteiger partial charge >= 0.3 is 5.97 Å². The van der Waals surface area contributed by atoms with Crippen LogP contribution in [0.25, 0.3) is 0 Å². The number of thioether (sulfide) groups is 1. The second kappa shape index (κ2) is 8.16. The number of para-hydroxylation sites is 1. The zero-order chi connectivity index (χ0) is 17.5. The third kappa shape index (κ3) is 4.60. The average molecular weight is 344 g/mol. The molecule has 0 radical (unpaired) electrons. The number of carbonyl (C=O) groups is 3. The highest BCUT2D eigenvalue weighted by Gasteiger charge is 2.12. The van der Waals surface area contributed by atoms with Crippen molar-refractivity contribution in [2.45, 2.75) is 4.90 Å².